The number of anilines is 1. The third-order valence-electron chi connectivity index (χ3n) is 1.35. The maximum Gasteiger partial charge on any atom is 0.180 e. The molecule has 12 heavy (non-hydrogen) atoms. The quantitative estimate of drug-likeness (QED) is 0.856. The van der Waals surface area contributed by atoms with Crippen molar-refractivity contribution in [3.8, 4) is 10.6 Å². The van der Waals surface area contributed by atoms with Gasteiger partial charge < -0.3 is 5.73 Å². The summed E-state index contributed by atoms with van der Waals surface area (Å²) in [6.45, 7) is 0. The molecule has 0 aliphatic carbocycles. The topological polar surface area (TPSA) is 38.9 Å². The van der Waals surface area contributed by atoms with E-state index in [0.717, 1.165) is 14.4 Å². The zero-order chi connectivity index (χ0) is 8.55. The fourth-order valence-electron chi connectivity index (χ4n) is 0.853. The Balaban J connectivity index is 2.43. The lowest BCUT2D eigenvalue weighted by molar-refractivity contribution is 1.43. The summed E-state index contributed by atoms with van der Waals surface area (Å²) in [4.78, 5) is 5.33. The van der Waals surface area contributed by atoms with Gasteiger partial charge in [-0.2, -0.15) is 0 Å². The Kier molecular flexibility index (Phi) is 2.16. The lowest BCUT2D eigenvalue weighted by Crippen LogP contribution is -1.80. The second-order valence-corrected chi connectivity index (χ2v) is 5.53. The number of hydrogen-bond donors (Lipinski definition) is 1. The zero-order valence-electron chi connectivity index (χ0n) is 5.95. The maximum atomic E-state index is 5.52. The second-order valence-electron chi connectivity index (χ2n) is 2.17. The molecule has 62 valence electrons. The highest BCUT2D eigenvalue weighted by molar-refractivity contribution is 9.11. The van der Waals surface area contributed by atoms with E-state index in [2.05, 4.69) is 20.9 Å². The number of rotatable bonds is 1. The van der Waals surface area contributed by atoms with Gasteiger partial charge in [0.1, 0.15) is 0 Å². The molecule has 0 fully saturated rings. The predicted octanol–water partition coefficient (Wildman–Crippen LogP) is 3.22. The first-order valence-corrected chi connectivity index (χ1v) is 5.71. The second kappa shape index (κ2) is 3.16. The van der Waals surface area contributed by atoms with E-state index in [-0.39, 0.29) is 0 Å². The molecular formula is C7H5BrN2S2. The number of hydrogen-bond acceptors (Lipinski definition) is 4. The summed E-state index contributed by atoms with van der Waals surface area (Å²) in [5.41, 5.74) is 6.49. The predicted molar refractivity (Wildman–Crippen MR) is 57.5 cm³/mol. The van der Waals surface area contributed by atoms with Crippen LogP contribution in [0.4, 0.5) is 5.13 Å². The van der Waals surface area contributed by atoms with Crippen molar-refractivity contribution in [2.45, 2.75) is 0 Å². The zero-order valence-corrected chi connectivity index (χ0v) is 9.17. The summed E-state index contributed by atoms with van der Waals surface area (Å²) in [5, 5.41) is 2.59. The molecule has 0 atom stereocenters. The third kappa shape index (κ3) is 1.53. The molecule has 0 saturated carbocycles. The van der Waals surface area contributed by atoms with Crippen molar-refractivity contribution in [2.75, 3.05) is 5.73 Å². The van der Waals surface area contributed by atoms with Crippen molar-refractivity contribution in [1.29, 1.82) is 0 Å². The molecule has 2 heterocycles. The van der Waals surface area contributed by atoms with E-state index >= 15 is 0 Å². The standard InChI is InChI=1S/C7H5BrN2S2/c8-6-2-1-5(12-6)4-3-11-7(9)10-4/h1-3H,(H2,9,10). The van der Waals surface area contributed by atoms with Gasteiger partial charge in [-0.25, -0.2) is 4.98 Å². The van der Waals surface area contributed by atoms with Crippen molar-refractivity contribution in [2.24, 2.45) is 0 Å². The highest BCUT2D eigenvalue weighted by Crippen LogP contribution is 2.32. The molecule has 2 N–H and O–H groups in total. The minimum atomic E-state index is 0.620. The van der Waals surface area contributed by atoms with E-state index in [1.807, 2.05) is 17.5 Å². The highest BCUT2D eigenvalue weighted by atomic mass is 79.9. The summed E-state index contributed by atoms with van der Waals surface area (Å²) < 4.78 is 1.11. The normalized spacial score (nSPS) is 10.4. The minimum absolute atomic E-state index is 0.620. The minimum Gasteiger partial charge on any atom is -0.375 e. The number of aromatic nitrogens is 1. The fraction of sp³-hybridized carbons (Fsp3) is 0. The molecule has 2 aromatic rings. The third-order valence-corrected chi connectivity index (χ3v) is 3.67. The van der Waals surface area contributed by atoms with Crippen LogP contribution >= 0.6 is 38.6 Å². The van der Waals surface area contributed by atoms with E-state index in [4.69, 9.17) is 5.73 Å². The van der Waals surface area contributed by atoms with Gasteiger partial charge in [-0.1, -0.05) is 0 Å². The van der Waals surface area contributed by atoms with Gasteiger partial charge in [-0.05, 0) is 28.1 Å². The Labute approximate surface area is 86.2 Å². The van der Waals surface area contributed by atoms with Crippen molar-refractivity contribution in [3.05, 3.63) is 21.3 Å². The van der Waals surface area contributed by atoms with Crippen molar-refractivity contribution < 1.29 is 0 Å². The van der Waals surface area contributed by atoms with Gasteiger partial charge >= 0.3 is 0 Å². The molecule has 2 rings (SSSR count). The van der Waals surface area contributed by atoms with Crippen LogP contribution in [0.15, 0.2) is 21.3 Å². The van der Waals surface area contributed by atoms with Gasteiger partial charge in [0.15, 0.2) is 5.13 Å². The first kappa shape index (κ1) is 8.22. The number of nitrogens with two attached hydrogens (primary N) is 1. The van der Waals surface area contributed by atoms with Crippen molar-refractivity contribution in [1.82, 2.24) is 4.98 Å². The van der Waals surface area contributed by atoms with Crippen LogP contribution in [-0.2, 0) is 0 Å². The van der Waals surface area contributed by atoms with E-state index in [1.54, 1.807) is 11.3 Å². The Bertz CT molecular complexity index is 355. The SMILES string of the molecule is Nc1nc(-c2ccc(Br)s2)cs1. The van der Waals surface area contributed by atoms with Crippen LogP contribution in [-0.4, -0.2) is 4.98 Å². The molecule has 0 aromatic carbocycles. The lowest BCUT2D eigenvalue weighted by Gasteiger charge is -1.85. The molecule has 0 spiro atoms. The summed E-state index contributed by atoms with van der Waals surface area (Å²) in [6.07, 6.45) is 0. The summed E-state index contributed by atoms with van der Waals surface area (Å²) in [6, 6.07) is 4.04. The van der Waals surface area contributed by atoms with Gasteiger partial charge in [0.2, 0.25) is 0 Å². The maximum absolute atomic E-state index is 5.52. The molecule has 0 aliphatic rings. The first-order valence-electron chi connectivity index (χ1n) is 3.22. The van der Waals surface area contributed by atoms with Crippen LogP contribution in [0, 0.1) is 0 Å². The van der Waals surface area contributed by atoms with E-state index in [1.165, 1.54) is 11.3 Å². The van der Waals surface area contributed by atoms with E-state index in [9.17, 15) is 0 Å². The smallest absolute Gasteiger partial charge is 0.180 e. The van der Waals surface area contributed by atoms with Gasteiger partial charge in [-0.15, -0.1) is 22.7 Å². The number of thiazole rings is 1. The average molecular weight is 261 g/mol. The van der Waals surface area contributed by atoms with E-state index in [0.29, 0.717) is 5.13 Å². The Morgan fingerprint density at radius 2 is 2.25 bits per heavy atom. The van der Waals surface area contributed by atoms with Crippen molar-refractivity contribution in [3.63, 3.8) is 0 Å². The molecule has 2 nitrogen and oxygen atoms in total. The van der Waals surface area contributed by atoms with Gasteiger partial charge in [0, 0.05) is 5.38 Å². The number of nitrogens with zero attached hydrogens (tertiary/aromatic N) is 1. The highest BCUT2D eigenvalue weighted by Gasteiger charge is 2.04. The number of nitrogen functional groups attached to an aromatic ring is 1. The van der Waals surface area contributed by atoms with Crippen LogP contribution in [0.25, 0.3) is 10.6 Å². The molecular weight excluding hydrogens is 256 g/mol. The average Bonchev–Trinajstić information content (AvgIpc) is 2.58. The molecule has 0 amide bonds. The van der Waals surface area contributed by atoms with Crippen LogP contribution in [0.2, 0.25) is 0 Å². The molecule has 0 bridgehead atoms. The number of thiophene rings is 1. The number of halogens is 1. The molecule has 0 unspecified atom stereocenters. The monoisotopic (exact) mass is 260 g/mol. The van der Waals surface area contributed by atoms with Crippen LogP contribution in [0.5, 0.6) is 0 Å². The van der Waals surface area contributed by atoms with Gasteiger partial charge in [-0.3, -0.25) is 0 Å². The van der Waals surface area contributed by atoms with Crippen LogP contribution < -0.4 is 5.73 Å². The van der Waals surface area contributed by atoms with Crippen molar-refractivity contribution >= 4 is 43.7 Å². The first-order chi connectivity index (χ1) is 5.75. The molecule has 5 heteroatoms. The molecule has 0 radical (unpaired) electrons. The Hall–Kier alpha value is -0.390. The van der Waals surface area contributed by atoms with Crippen LogP contribution in [0.3, 0.4) is 0 Å². The summed E-state index contributed by atoms with van der Waals surface area (Å²) in [5.74, 6) is 0. The van der Waals surface area contributed by atoms with Crippen LogP contribution in [0.1, 0.15) is 0 Å². The van der Waals surface area contributed by atoms with Gasteiger partial charge in [0.25, 0.3) is 0 Å². The Morgan fingerprint density at radius 1 is 1.42 bits per heavy atom. The Morgan fingerprint density at radius 3 is 2.75 bits per heavy atom. The van der Waals surface area contributed by atoms with Gasteiger partial charge in [0.05, 0.1) is 14.4 Å². The summed E-state index contributed by atoms with van der Waals surface area (Å²) in [7, 11) is 0. The van der Waals surface area contributed by atoms with E-state index < -0.39 is 0 Å². The molecule has 2 aromatic heterocycles. The largest absolute Gasteiger partial charge is 0.375 e. The fourth-order valence-corrected chi connectivity index (χ4v) is 2.84. The molecule has 0 saturated heterocycles. The lowest BCUT2D eigenvalue weighted by atomic mass is 10.4. The summed E-state index contributed by atoms with van der Waals surface area (Å²) >= 11 is 6.53. The molecule has 0 aliphatic heterocycles.